The zero-order valence-corrected chi connectivity index (χ0v) is 8.49. The third-order valence-electron chi connectivity index (χ3n) is 1.34. The number of aliphatic carboxylic acids is 1. The Morgan fingerprint density at radius 1 is 1.58 bits per heavy atom. The molecule has 0 atom stereocenters. The Hall–Kier alpha value is -0.440. The predicted molar refractivity (Wildman–Crippen MR) is 53.6 cm³/mol. The molecule has 0 fully saturated rings. The molecule has 0 bridgehead atoms. The van der Waals surface area contributed by atoms with Crippen molar-refractivity contribution < 1.29 is 9.90 Å². The number of rotatable bonds is 6. The predicted octanol–water partition coefficient (Wildman–Crippen LogP) is 2.55. The van der Waals surface area contributed by atoms with Crippen LogP contribution in [0.5, 0.6) is 0 Å². The molecule has 3 heteroatoms. The summed E-state index contributed by atoms with van der Waals surface area (Å²) in [5.41, 5.74) is 0.934. The maximum absolute atomic E-state index is 10.2. The molecule has 2 nitrogen and oxygen atoms in total. The van der Waals surface area contributed by atoms with E-state index in [-0.39, 0.29) is 0 Å². The highest BCUT2D eigenvalue weighted by atomic mass is 32.2. The van der Waals surface area contributed by atoms with E-state index >= 15 is 0 Å². The first-order chi connectivity index (χ1) is 5.66. The normalized spacial score (nSPS) is 11.7. The summed E-state index contributed by atoms with van der Waals surface area (Å²) in [7, 11) is 0. The molecule has 1 N–H and O–H groups in total. The van der Waals surface area contributed by atoms with Crippen molar-refractivity contribution in [3.05, 3.63) is 11.6 Å². The number of carbonyl (C=O) groups is 1. The van der Waals surface area contributed by atoms with Crippen LogP contribution in [-0.2, 0) is 4.79 Å². The summed E-state index contributed by atoms with van der Waals surface area (Å²) in [5, 5.41) is 8.40. The molecule has 0 unspecified atom stereocenters. The second-order valence-corrected chi connectivity index (χ2v) is 3.84. The Morgan fingerprint density at radius 2 is 2.25 bits per heavy atom. The topological polar surface area (TPSA) is 37.3 Å². The summed E-state index contributed by atoms with van der Waals surface area (Å²) in [5.74, 6) is 1.12. The molecule has 0 saturated heterocycles. The van der Waals surface area contributed by atoms with Crippen LogP contribution < -0.4 is 0 Å². The van der Waals surface area contributed by atoms with E-state index < -0.39 is 5.97 Å². The fraction of sp³-hybridized carbons (Fsp3) is 0.667. The average molecular weight is 188 g/mol. The lowest BCUT2D eigenvalue weighted by Crippen LogP contribution is -1.92. The molecule has 0 heterocycles. The summed E-state index contributed by atoms with van der Waals surface area (Å²) >= 11 is 1.80. The van der Waals surface area contributed by atoms with Crippen LogP contribution in [-0.4, -0.2) is 22.6 Å². The quantitative estimate of drug-likeness (QED) is 0.514. The van der Waals surface area contributed by atoms with Crippen molar-refractivity contribution in [3.8, 4) is 0 Å². The third kappa shape index (κ3) is 7.66. The van der Waals surface area contributed by atoms with Gasteiger partial charge in [0, 0.05) is 11.8 Å². The SMILES string of the molecule is CCCCSCC(C)=CC(=O)O. The lowest BCUT2D eigenvalue weighted by molar-refractivity contribution is -0.131. The molecule has 70 valence electrons. The summed E-state index contributed by atoms with van der Waals surface area (Å²) in [6.07, 6.45) is 3.69. The number of thioether (sulfide) groups is 1. The number of carboxylic acids is 1. The molecule has 0 aromatic rings. The number of hydrogen-bond donors (Lipinski definition) is 1. The van der Waals surface area contributed by atoms with Gasteiger partial charge < -0.3 is 5.11 Å². The van der Waals surface area contributed by atoms with Crippen molar-refractivity contribution in [2.45, 2.75) is 26.7 Å². The molecular formula is C9H16O2S. The lowest BCUT2D eigenvalue weighted by Gasteiger charge is -1.99. The first-order valence-electron chi connectivity index (χ1n) is 4.14. The van der Waals surface area contributed by atoms with E-state index in [4.69, 9.17) is 5.11 Å². The smallest absolute Gasteiger partial charge is 0.328 e. The van der Waals surface area contributed by atoms with Gasteiger partial charge in [-0.05, 0) is 19.1 Å². The van der Waals surface area contributed by atoms with Crippen LogP contribution in [0, 0.1) is 0 Å². The molecule has 0 spiro atoms. The highest BCUT2D eigenvalue weighted by Gasteiger charge is 1.94. The minimum atomic E-state index is -0.844. The largest absolute Gasteiger partial charge is 0.478 e. The highest BCUT2D eigenvalue weighted by molar-refractivity contribution is 7.99. The van der Waals surface area contributed by atoms with Gasteiger partial charge in [0.2, 0.25) is 0 Å². The molecular weight excluding hydrogens is 172 g/mol. The summed E-state index contributed by atoms with van der Waals surface area (Å²) < 4.78 is 0. The fourth-order valence-electron chi connectivity index (χ4n) is 0.732. The Labute approximate surface area is 78.0 Å². The van der Waals surface area contributed by atoms with E-state index in [1.165, 1.54) is 18.9 Å². The highest BCUT2D eigenvalue weighted by Crippen LogP contribution is 2.09. The molecule has 0 aromatic carbocycles. The second-order valence-electron chi connectivity index (χ2n) is 2.74. The number of unbranched alkanes of at least 4 members (excludes halogenated alkanes) is 1. The maximum atomic E-state index is 10.2. The summed E-state index contributed by atoms with van der Waals surface area (Å²) in [4.78, 5) is 10.2. The monoisotopic (exact) mass is 188 g/mol. The van der Waals surface area contributed by atoms with Gasteiger partial charge in [0.1, 0.15) is 0 Å². The van der Waals surface area contributed by atoms with Gasteiger partial charge in [0.15, 0.2) is 0 Å². The van der Waals surface area contributed by atoms with Crippen LogP contribution in [0.4, 0.5) is 0 Å². The van der Waals surface area contributed by atoms with E-state index in [1.54, 1.807) is 11.8 Å². The van der Waals surface area contributed by atoms with E-state index in [9.17, 15) is 4.79 Å². The van der Waals surface area contributed by atoms with Gasteiger partial charge in [0.05, 0.1) is 0 Å². The van der Waals surface area contributed by atoms with Gasteiger partial charge >= 0.3 is 5.97 Å². The second kappa shape index (κ2) is 7.22. The fourth-order valence-corrected chi connectivity index (χ4v) is 1.77. The molecule has 0 aliphatic carbocycles. The molecule has 0 aromatic heterocycles. The molecule has 0 rings (SSSR count). The Balaban J connectivity index is 3.43. The zero-order chi connectivity index (χ0) is 9.40. The van der Waals surface area contributed by atoms with E-state index in [0.29, 0.717) is 0 Å². The van der Waals surface area contributed by atoms with Crippen molar-refractivity contribution in [3.63, 3.8) is 0 Å². The van der Waals surface area contributed by atoms with Gasteiger partial charge in [-0.3, -0.25) is 0 Å². The van der Waals surface area contributed by atoms with E-state index in [2.05, 4.69) is 6.92 Å². The van der Waals surface area contributed by atoms with Gasteiger partial charge in [-0.25, -0.2) is 4.79 Å². The standard InChI is InChI=1S/C9H16O2S/c1-3-4-5-12-7-8(2)6-9(10)11/h6H,3-5,7H2,1-2H3,(H,10,11). The Bertz CT molecular complexity index is 164. The molecule has 0 amide bonds. The number of carboxylic acid groups (broad SMARTS) is 1. The number of hydrogen-bond acceptors (Lipinski definition) is 2. The summed E-state index contributed by atoms with van der Waals surface area (Å²) in [6.45, 7) is 4.01. The van der Waals surface area contributed by atoms with Gasteiger partial charge in [-0.15, -0.1) is 0 Å². The first kappa shape index (κ1) is 11.6. The van der Waals surface area contributed by atoms with Gasteiger partial charge in [-0.2, -0.15) is 11.8 Å². The van der Waals surface area contributed by atoms with Crippen LogP contribution in [0.25, 0.3) is 0 Å². The third-order valence-corrected chi connectivity index (χ3v) is 2.58. The zero-order valence-electron chi connectivity index (χ0n) is 7.67. The van der Waals surface area contributed by atoms with Gasteiger partial charge in [-0.1, -0.05) is 18.9 Å². The average Bonchev–Trinajstić information content (AvgIpc) is 1.97. The van der Waals surface area contributed by atoms with Crippen LogP contribution in [0.2, 0.25) is 0 Å². The maximum Gasteiger partial charge on any atom is 0.328 e. The van der Waals surface area contributed by atoms with Crippen molar-refractivity contribution in [1.29, 1.82) is 0 Å². The van der Waals surface area contributed by atoms with Crippen molar-refractivity contribution in [1.82, 2.24) is 0 Å². The Kier molecular flexibility index (Phi) is 6.96. The summed E-state index contributed by atoms with van der Waals surface area (Å²) in [6, 6.07) is 0. The molecule has 0 saturated carbocycles. The van der Waals surface area contributed by atoms with E-state index in [1.807, 2.05) is 6.92 Å². The molecule has 0 aliphatic rings. The van der Waals surface area contributed by atoms with Crippen molar-refractivity contribution in [2.24, 2.45) is 0 Å². The minimum absolute atomic E-state index is 0.840. The Morgan fingerprint density at radius 3 is 2.75 bits per heavy atom. The van der Waals surface area contributed by atoms with Crippen molar-refractivity contribution >= 4 is 17.7 Å². The van der Waals surface area contributed by atoms with Crippen molar-refractivity contribution in [2.75, 3.05) is 11.5 Å². The molecule has 0 aliphatic heterocycles. The van der Waals surface area contributed by atoms with Crippen LogP contribution >= 0.6 is 11.8 Å². The lowest BCUT2D eigenvalue weighted by atomic mass is 10.3. The van der Waals surface area contributed by atoms with Crippen LogP contribution in [0.1, 0.15) is 26.7 Å². The molecule has 0 radical (unpaired) electrons. The minimum Gasteiger partial charge on any atom is -0.478 e. The van der Waals surface area contributed by atoms with E-state index in [0.717, 1.165) is 17.1 Å². The van der Waals surface area contributed by atoms with Crippen LogP contribution in [0.15, 0.2) is 11.6 Å². The van der Waals surface area contributed by atoms with Gasteiger partial charge in [0.25, 0.3) is 0 Å². The van der Waals surface area contributed by atoms with Crippen LogP contribution in [0.3, 0.4) is 0 Å². The first-order valence-corrected chi connectivity index (χ1v) is 5.30. The molecule has 12 heavy (non-hydrogen) atoms.